The fourth-order valence-corrected chi connectivity index (χ4v) is 3.38. The Morgan fingerprint density at radius 2 is 2.26 bits per heavy atom. The van der Waals surface area contributed by atoms with Crippen molar-refractivity contribution in [2.24, 2.45) is 17.6 Å². The second-order valence-corrected chi connectivity index (χ2v) is 5.93. The molecule has 0 aromatic carbocycles. The van der Waals surface area contributed by atoms with E-state index in [0.717, 1.165) is 19.0 Å². The second kappa shape index (κ2) is 7.01. The van der Waals surface area contributed by atoms with E-state index in [9.17, 15) is 0 Å². The van der Waals surface area contributed by atoms with E-state index in [2.05, 4.69) is 29.9 Å². The monoisotopic (exact) mass is 261 g/mol. The van der Waals surface area contributed by atoms with Gasteiger partial charge in [0, 0.05) is 25.0 Å². The van der Waals surface area contributed by atoms with Crippen LogP contribution in [0.4, 0.5) is 0 Å². The number of hydrogen-bond acceptors (Lipinski definition) is 3. The first kappa shape index (κ1) is 14.5. The van der Waals surface area contributed by atoms with Crippen molar-refractivity contribution in [3.05, 3.63) is 30.1 Å². The quantitative estimate of drug-likeness (QED) is 0.886. The molecule has 0 spiro atoms. The summed E-state index contributed by atoms with van der Waals surface area (Å²) in [6, 6.07) is 4.80. The number of aromatic nitrogens is 1. The van der Waals surface area contributed by atoms with E-state index >= 15 is 0 Å². The maximum absolute atomic E-state index is 5.97. The highest BCUT2D eigenvalue weighted by Gasteiger charge is 2.31. The van der Waals surface area contributed by atoms with E-state index in [0.29, 0.717) is 12.0 Å². The van der Waals surface area contributed by atoms with E-state index in [1.54, 1.807) is 0 Å². The molecule has 0 bridgehead atoms. The van der Waals surface area contributed by atoms with Crippen molar-refractivity contribution < 1.29 is 0 Å². The molecule has 1 saturated carbocycles. The van der Waals surface area contributed by atoms with E-state index in [-0.39, 0.29) is 0 Å². The van der Waals surface area contributed by atoms with Gasteiger partial charge in [0.05, 0.1) is 0 Å². The van der Waals surface area contributed by atoms with Crippen molar-refractivity contribution in [1.29, 1.82) is 0 Å². The number of rotatable bonds is 5. The van der Waals surface area contributed by atoms with Gasteiger partial charge in [-0.1, -0.05) is 25.8 Å². The maximum atomic E-state index is 5.97. The molecule has 19 heavy (non-hydrogen) atoms. The molecule has 3 unspecified atom stereocenters. The Hall–Kier alpha value is -0.930. The summed E-state index contributed by atoms with van der Waals surface area (Å²) in [6.07, 6.45) is 9.05. The zero-order valence-electron chi connectivity index (χ0n) is 12.3. The van der Waals surface area contributed by atoms with Crippen LogP contribution in [0.1, 0.15) is 38.2 Å². The van der Waals surface area contributed by atoms with Gasteiger partial charge in [-0.05, 0) is 49.9 Å². The van der Waals surface area contributed by atoms with Crippen molar-refractivity contribution in [2.75, 3.05) is 13.6 Å². The first-order chi connectivity index (χ1) is 9.24. The molecule has 1 fully saturated rings. The van der Waals surface area contributed by atoms with Gasteiger partial charge < -0.3 is 5.73 Å². The zero-order valence-corrected chi connectivity index (χ0v) is 12.3. The molecule has 3 atom stereocenters. The maximum Gasteiger partial charge on any atom is 0.0312 e. The number of nitrogens with two attached hydrogens (primary N) is 1. The lowest BCUT2D eigenvalue weighted by Gasteiger charge is -2.40. The highest BCUT2D eigenvalue weighted by atomic mass is 15.1. The highest BCUT2D eigenvalue weighted by Crippen LogP contribution is 2.33. The minimum Gasteiger partial charge on any atom is -0.330 e. The first-order valence-corrected chi connectivity index (χ1v) is 7.53. The van der Waals surface area contributed by atoms with Crippen LogP contribution in [0.2, 0.25) is 0 Å². The minimum atomic E-state index is 0.629. The van der Waals surface area contributed by atoms with Crippen LogP contribution in [0.15, 0.2) is 24.5 Å². The summed E-state index contributed by atoms with van der Waals surface area (Å²) in [4.78, 5) is 6.68. The van der Waals surface area contributed by atoms with Crippen LogP contribution in [0.5, 0.6) is 0 Å². The molecule has 1 aliphatic rings. The second-order valence-electron chi connectivity index (χ2n) is 5.93. The van der Waals surface area contributed by atoms with Crippen LogP contribution in [-0.4, -0.2) is 29.5 Å². The smallest absolute Gasteiger partial charge is 0.0312 e. The van der Waals surface area contributed by atoms with Gasteiger partial charge in [-0.2, -0.15) is 0 Å². The van der Waals surface area contributed by atoms with Crippen LogP contribution in [-0.2, 0) is 6.54 Å². The third kappa shape index (κ3) is 3.77. The van der Waals surface area contributed by atoms with E-state index in [4.69, 9.17) is 5.73 Å². The van der Waals surface area contributed by atoms with Gasteiger partial charge in [-0.25, -0.2) is 0 Å². The Morgan fingerprint density at radius 3 is 2.89 bits per heavy atom. The van der Waals surface area contributed by atoms with Gasteiger partial charge in [0.1, 0.15) is 0 Å². The van der Waals surface area contributed by atoms with Gasteiger partial charge in [-0.15, -0.1) is 0 Å². The summed E-state index contributed by atoms with van der Waals surface area (Å²) in [6.45, 7) is 4.11. The molecule has 2 N–H and O–H groups in total. The Labute approximate surface area is 117 Å². The van der Waals surface area contributed by atoms with E-state index in [1.807, 2.05) is 18.5 Å². The van der Waals surface area contributed by atoms with Crippen molar-refractivity contribution >= 4 is 0 Å². The highest BCUT2D eigenvalue weighted by molar-refractivity contribution is 5.08. The Bertz CT molecular complexity index is 366. The number of nitrogens with zero attached hydrogens (tertiary/aromatic N) is 2. The fraction of sp³-hybridized carbons (Fsp3) is 0.688. The van der Waals surface area contributed by atoms with Crippen LogP contribution in [0.25, 0.3) is 0 Å². The molecule has 1 aliphatic carbocycles. The third-order valence-electron chi connectivity index (χ3n) is 4.67. The molecular formula is C16H27N3. The van der Waals surface area contributed by atoms with E-state index < -0.39 is 0 Å². The summed E-state index contributed by atoms with van der Waals surface area (Å²) in [7, 11) is 2.23. The van der Waals surface area contributed by atoms with Gasteiger partial charge >= 0.3 is 0 Å². The van der Waals surface area contributed by atoms with Crippen LogP contribution < -0.4 is 5.73 Å². The molecule has 0 radical (unpaired) electrons. The molecule has 3 nitrogen and oxygen atoms in total. The van der Waals surface area contributed by atoms with Gasteiger partial charge in [-0.3, -0.25) is 9.88 Å². The van der Waals surface area contributed by atoms with Crippen LogP contribution in [0.3, 0.4) is 0 Å². The molecule has 0 aliphatic heterocycles. The molecule has 0 amide bonds. The molecule has 2 rings (SSSR count). The molecular weight excluding hydrogens is 234 g/mol. The van der Waals surface area contributed by atoms with Crippen molar-refractivity contribution in [3.63, 3.8) is 0 Å². The molecule has 1 aromatic rings. The average Bonchev–Trinajstić information content (AvgIpc) is 2.47. The normalized spacial score (nSPS) is 27.7. The summed E-state index contributed by atoms with van der Waals surface area (Å²) >= 11 is 0. The largest absolute Gasteiger partial charge is 0.330 e. The number of pyridine rings is 1. The van der Waals surface area contributed by atoms with Gasteiger partial charge in [0.2, 0.25) is 0 Å². The average molecular weight is 261 g/mol. The molecule has 1 heterocycles. The Morgan fingerprint density at radius 1 is 1.42 bits per heavy atom. The molecule has 0 saturated heterocycles. The van der Waals surface area contributed by atoms with E-state index in [1.165, 1.54) is 31.2 Å². The third-order valence-corrected chi connectivity index (χ3v) is 4.67. The lowest BCUT2D eigenvalue weighted by atomic mass is 9.76. The zero-order chi connectivity index (χ0) is 13.7. The molecule has 106 valence electrons. The van der Waals surface area contributed by atoms with Crippen molar-refractivity contribution in [1.82, 2.24) is 9.88 Å². The predicted octanol–water partition coefficient (Wildman–Crippen LogP) is 2.67. The SMILES string of the molecule is CCC1CCC(CN)C(N(C)Cc2cccnc2)C1. The Kier molecular flexibility index (Phi) is 5.34. The summed E-state index contributed by atoms with van der Waals surface area (Å²) in [5.74, 6) is 1.54. The van der Waals surface area contributed by atoms with Crippen molar-refractivity contribution in [2.45, 2.75) is 45.2 Å². The lowest BCUT2D eigenvalue weighted by molar-refractivity contribution is 0.0964. The topological polar surface area (TPSA) is 42.1 Å². The fourth-order valence-electron chi connectivity index (χ4n) is 3.38. The Balaban J connectivity index is 2.00. The predicted molar refractivity (Wildman–Crippen MR) is 79.7 cm³/mol. The standard InChI is InChI=1S/C16H27N3/c1-3-13-6-7-15(10-17)16(9-13)19(2)12-14-5-4-8-18-11-14/h4-5,8,11,13,15-16H,3,6-7,9-10,12,17H2,1-2H3. The first-order valence-electron chi connectivity index (χ1n) is 7.53. The summed E-state index contributed by atoms with van der Waals surface area (Å²) in [5, 5.41) is 0. The minimum absolute atomic E-state index is 0.629. The lowest BCUT2D eigenvalue weighted by Crippen LogP contribution is -2.44. The molecule has 1 aromatic heterocycles. The van der Waals surface area contributed by atoms with Crippen molar-refractivity contribution in [3.8, 4) is 0 Å². The van der Waals surface area contributed by atoms with Crippen LogP contribution in [0, 0.1) is 11.8 Å². The van der Waals surface area contributed by atoms with Crippen LogP contribution >= 0.6 is 0 Å². The van der Waals surface area contributed by atoms with Gasteiger partial charge in [0.25, 0.3) is 0 Å². The number of hydrogen-bond donors (Lipinski definition) is 1. The molecule has 3 heteroatoms. The summed E-state index contributed by atoms with van der Waals surface area (Å²) in [5.41, 5.74) is 7.26. The van der Waals surface area contributed by atoms with Gasteiger partial charge in [0.15, 0.2) is 0 Å². The summed E-state index contributed by atoms with van der Waals surface area (Å²) < 4.78 is 0.